The van der Waals surface area contributed by atoms with Gasteiger partial charge in [-0.3, -0.25) is 4.90 Å². The smallest absolute Gasteiger partial charge is 0.0594 e. The Kier molecular flexibility index (Phi) is 5.93. The van der Waals surface area contributed by atoms with E-state index in [-0.39, 0.29) is 0 Å². The topological polar surface area (TPSA) is 24.5 Å². The van der Waals surface area contributed by atoms with E-state index in [0.717, 1.165) is 26.3 Å². The average Bonchev–Trinajstić information content (AvgIpc) is 2.89. The first-order valence-electron chi connectivity index (χ1n) is 7.85. The van der Waals surface area contributed by atoms with E-state index in [1.807, 2.05) is 0 Å². The number of nitrogens with zero attached hydrogens (tertiary/aromatic N) is 1. The van der Waals surface area contributed by atoms with Gasteiger partial charge in [-0.15, -0.1) is 0 Å². The maximum atomic E-state index is 5.37. The molecule has 0 aromatic rings. The first-order chi connectivity index (χ1) is 8.85. The van der Waals surface area contributed by atoms with Gasteiger partial charge in [0.1, 0.15) is 0 Å². The van der Waals surface area contributed by atoms with Crippen molar-refractivity contribution in [3.63, 3.8) is 0 Å². The Hall–Kier alpha value is -0.120. The highest BCUT2D eigenvalue weighted by atomic mass is 16.5. The molecular weight excluding hydrogens is 224 g/mol. The number of rotatable bonds is 7. The van der Waals surface area contributed by atoms with E-state index in [4.69, 9.17) is 4.74 Å². The number of ether oxygens (including phenoxy) is 1. The molecule has 1 aliphatic carbocycles. The molecule has 1 N–H and O–H groups in total. The molecule has 0 unspecified atom stereocenters. The number of hydrogen-bond acceptors (Lipinski definition) is 3. The Labute approximate surface area is 112 Å². The predicted molar refractivity (Wildman–Crippen MR) is 75.9 cm³/mol. The monoisotopic (exact) mass is 254 g/mol. The zero-order valence-electron chi connectivity index (χ0n) is 12.0. The second kappa shape index (κ2) is 7.46. The molecular formula is C15H30N2O. The van der Waals surface area contributed by atoms with Crippen molar-refractivity contribution in [2.45, 2.75) is 45.4 Å². The van der Waals surface area contributed by atoms with Gasteiger partial charge in [-0.25, -0.2) is 0 Å². The van der Waals surface area contributed by atoms with Crippen LogP contribution in [0.5, 0.6) is 0 Å². The summed E-state index contributed by atoms with van der Waals surface area (Å²) in [5.41, 5.74) is 0.638. The fourth-order valence-electron chi connectivity index (χ4n) is 3.39. The van der Waals surface area contributed by atoms with E-state index in [2.05, 4.69) is 17.1 Å². The second-order valence-electron chi connectivity index (χ2n) is 6.05. The summed E-state index contributed by atoms with van der Waals surface area (Å²) in [6.07, 6.45) is 8.41. The Morgan fingerprint density at radius 3 is 2.56 bits per heavy atom. The molecule has 0 amide bonds. The minimum absolute atomic E-state index is 0.638. The third kappa shape index (κ3) is 4.22. The highest BCUT2D eigenvalue weighted by Crippen LogP contribution is 2.40. The zero-order chi connectivity index (χ0) is 12.7. The highest BCUT2D eigenvalue weighted by Gasteiger charge is 2.31. The molecule has 0 aromatic carbocycles. The SMILES string of the molecule is CCC1(CNCCCN2CCOCC2)CCCC1. The molecule has 1 heterocycles. The molecule has 2 fully saturated rings. The van der Waals surface area contributed by atoms with Gasteiger partial charge in [0.05, 0.1) is 13.2 Å². The van der Waals surface area contributed by atoms with Crippen LogP contribution in [-0.2, 0) is 4.74 Å². The van der Waals surface area contributed by atoms with Crippen LogP contribution in [0.25, 0.3) is 0 Å². The van der Waals surface area contributed by atoms with Crippen molar-refractivity contribution in [1.29, 1.82) is 0 Å². The normalized spacial score (nSPS) is 24.5. The Morgan fingerprint density at radius 2 is 1.89 bits per heavy atom. The lowest BCUT2D eigenvalue weighted by atomic mass is 9.83. The molecule has 1 saturated carbocycles. The molecule has 18 heavy (non-hydrogen) atoms. The van der Waals surface area contributed by atoms with E-state index < -0.39 is 0 Å². The van der Waals surface area contributed by atoms with Crippen LogP contribution in [0.15, 0.2) is 0 Å². The molecule has 2 rings (SSSR count). The molecule has 0 bridgehead atoms. The standard InChI is InChI=1S/C15H30N2O/c1-2-15(6-3-4-7-15)14-16-8-5-9-17-10-12-18-13-11-17/h16H,2-14H2,1H3. The van der Waals surface area contributed by atoms with Crippen LogP contribution >= 0.6 is 0 Å². The van der Waals surface area contributed by atoms with Gasteiger partial charge in [0.25, 0.3) is 0 Å². The van der Waals surface area contributed by atoms with E-state index in [0.29, 0.717) is 5.41 Å². The summed E-state index contributed by atoms with van der Waals surface area (Å²) in [5.74, 6) is 0. The lowest BCUT2D eigenvalue weighted by molar-refractivity contribution is 0.0374. The van der Waals surface area contributed by atoms with Gasteiger partial charge in [-0.05, 0) is 44.2 Å². The molecule has 106 valence electrons. The second-order valence-corrected chi connectivity index (χ2v) is 6.05. The molecule has 3 heteroatoms. The minimum atomic E-state index is 0.638. The van der Waals surface area contributed by atoms with Crippen molar-refractivity contribution in [2.24, 2.45) is 5.41 Å². The van der Waals surface area contributed by atoms with Crippen molar-refractivity contribution < 1.29 is 4.74 Å². The Morgan fingerprint density at radius 1 is 1.17 bits per heavy atom. The summed E-state index contributed by atoms with van der Waals surface area (Å²) in [5, 5.41) is 3.70. The van der Waals surface area contributed by atoms with Crippen LogP contribution < -0.4 is 5.32 Å². The third-order valence-electron chi connectivity index (χ3n) is 4.85. The molecule has 2 aliphatic rings. The molecule has 1 saturated heterocycles. The van der Waals surface area contributed by atoms with Gasteiger partial charge < -0.3 is 10.1 Å². The number of nitrogens with one attached hydrogen (secondary N) is 1. The fraction of sp³-hybridized carbons (Fsp3) is 1.00. The largest absolute Gasteiger partial charge is 0.379 e. The lowest BCUT2D eigenvalue weighted by Crippen LogP contribution is -2.38. The van der Waals surface area contributed by atoms with E-state index in [1.165, 1.54) is 58.2 Å². The Balaban J connectivity index is 1.52. The molecule has 0 radical (unpaired) electrons. The number of morpholine rings is 1. The van der Waals surface area contributed by atoms with E-state index in [9.17, 15) is 0 Å². The Bertz CT molecular complexity index is 221. The van der Waals surface area contributed by atoms with E-state index in [1.54, 1.807) is 0 Å². The van der Waals surface area contributed by atoms with Gasteiger partial charge in [-0.2, -0.15) is 0 Å². The molecule has 0 aromatic heterocycles. The van der Waals surface area contributed by atoms with Crippen LogP contribution in [0.2, 0.25) is 0 Å². The molecule has 1 aliphatic heterocycles. The molecule has 0 spiro atoms. The third-order valence-corrected chi connectivity index (χ3v) is 4.85. The predicted octanol–water partition coefficient (Wildman–Crippen LogP) is 2.27. The summed E-state index contributed by atoms with van der Waals surface area (Å²) >= 11 is 0. The fourth-order valence-corrected chi connectivity index (χ4v) is 3.39. The summed E-state index contributed by atoms with van der Waals surface area (Å²) in [7, 11) is 0. The molecule has 0 atom stereocenters. The van der Waals surface area contributed by atoms with Gasteiger partial charge in [0.2, 0.25) is 0 Å². The van der Waals surface area contributed by atoms with Gasteiger partial charge >= 0.3 is 0 Å². The van der Waals surface area contributed by atoms with Crippen LogP contribution in [-0.4, -0.2) is 50.8 Å². The molecule has 3 nitrogen and oxygen atoms in total. The van der Waals surface area contributed by atoms with Crippen LogP contribution in [0, 0.1) is 5.41 Å². The maximum absolute atomic E-state index is 5.37. The van der Waals surface area contributed by atoms with Crippen molar-refractivity contribution >= 4 is 0 Å². The van der Waals surface area contributed by atoms with Gasteiger partial charge in [0.15, 0.2) is 0 Å². The number of hydrogen-bond donors (Lipinski definition) is 1. The van der Waals surface area contributed by atoms with Crippen molar-refractivity contribution in [3.05, 3.63) is 0 Å². The highest BCUT2D eigenvalue weighted by molar-refractivity contribution is 4.85. The lowest BCUT2D eigenvalue weighted by Gasteiger charge is -2.29. The zero-order valence-corrected chi connectivity index (χ0v) is 12.0. The van der Waals surface area contributed by atoms with Crippen LogP contribution in [0.3, 0.4) is 0 Å². The summed E-state index contributed by atoms with van der Waals surface area (Å²) in [6.45, 7) is 10.1. The maximum Gasteiger partial charge on any atom is 0.0594 e. The average molecular weight is 254 g/mol. The summed E-state index contributed by atoms with van der Waals surface area (Å²) in [6, 6.07) is 0. The van der Waals surface area contributed by atoms with Crippen molar-refractivity contribution in [2.75, 3.05) is 45.9 Å². The quantitative estimate of drug-likeness (QED) is 0.705. The van der Waals surface area contributed by atoms with Crippen LogP contribution in [0.4, 0.5) is 0 Å². The van der Waals surface area contributed by atoms with Crippen LogP contribution in [0.1, 0.15) is 45.4 Å². The minimum Gasteiger partial charge on any atom is -0.379 e. The van der Waals surface area contributed by atoms with E-state index >= 15 is 0 Å². The van der Waals surface area contributed by atoms with Crippen molar-refractivity contribution in [3.8, 4) is 0 Å². The first kappa shape index (κ1) is 14.3. The first-order valence-corrected chi connectivity index (χ1v) is 7.85. The van der Waals surface area contributed by atoms with Crippen molar-refractivity contribution in [1.82, 2.24) is 10.2 Å². The van der Waals surface area contributed by atoms with Gasteiger partial charge in [-0.1, -0.05) is 19.8 Å². The summed E-state index contributed by atoms with van der Waals surface area (Å²) < 4.78 is 5.37. The summed E-state index contributed by atoms with van der Waals surface area (Å²) in [4.78, 5) is 2.52. The van der Waals surface area contributed by atoms with Gasteiger partial charge in [0, 0.05) is 19.6 Å².